The number of benzene rings is 1. The zero-order valence-electron chi connectivity index (χ0n) is 14.3. The third-order valence-electron chi connectivity index (χ3n) is 3.05. The summed E-state index contributed by atoms with van der Waals surface area (Å²) in [5, 5.41) is 2.61. The first kappa shape index (κ1) is 18.4. The van der Waals surface area contributed by atoms with E-state index in [1.165, 1.54) is 25.3 Å². The summed E-state index contributed by atoms with van der Waals surface area (Å²) < 4.78 is 29.6. The fourth-order valence-corrected chi connectivity index (χ4v) is 1.90. The number of nitrogens with zero attached hydrogens (tertiary/aromatic N) is 2. The molecule has 25 heavy (non-hydrogen) atoms. The summed E-state index contributed by atoms with van der Waals surface area (Å²) in [6.07, 6.45) is 0.453. The Labute approximate surface area is 145 Å². The van der Waals surface area contributed by atoms with Crippen LogP contribution in [0.15, 0.2) is 30.5 Å². The summed E-state index contributed by atoms with van der Waals surface area (Å²) in [6, 6.07) is 6.02. The summed E-state index contributed by atoms with van der Waals surface area (Å²) in [4.78, 5) is 20.4. The second kappa shape index (κ2) is 8.81. The summed E-state index contributed by atoms with van der Waals surface area (Å²) in [5.41, 5.74) is 0.277. The maximum absolute atomic E-state index is 13.6. The number of carbonyl (C=O) groups is 1. The molecular weight excluding hydrogens is 329 g/mol. The number of halogens is 1. The molecule has 0 aliphatic heterocycles. The minimum absolute atomic E-state index is 0.00174. The topological polar surface area (TPSA) is 82.6 Å². The monoisotopic (exact) mass is 349 g/mol. The van der Waals surface area contributed by atoms with Crippen LogP contribution in [0.4, 0.5) is 10.1 Å². The van der Waals surface area contributed by atoms with Gasteiger partial charge in [0.15, 0.2) is 17.7 Å². The van der Waals surface area contributed by atoms with Crippen LogP contribution in [0.2, 0.25) is 0 Å². The lowest BCUT2D eigenvalue weighted by Crippen LogP contribution is -2.30. The van der Waals surface area contributed by atoms with E-state index in [4.69, 9.17) is 14.2 Å². The van der Waals surface area contributed by atoms with Gasteiger partial charge in [0.25, 0.3) is 5.91 Å². The number of hydrogen-bond donors (Lipinski definition) is 1. The van der Waals surface area contributed by atoms with E-state index in [1.54, 1.807) is 26.0 Å². The maximum Gasteiger partial charge on any atom is 0.319 e. The van der Waals surface area contributed by atoms with Gasteiger partial charge in [-0.05, 0) is 32.9 Å². The highest BCUT2D eigenvalue weighted by molar-refractivity contribution is 5.95. The molecule has 8 heteroatoms. The van der Waals surface area contributed by atoms with E-state index in [2.05, 4.69) is 15.3 Å². The van der Waals surface area contributed by atoms with Gasteiger partial charge in [0.05, 0.1) is 19.4 Å². The zero-order valence-corrected chi connectivity index (χ0v) is 14.3. The first-order valence-corrected chi connectivity index (χ1v) is 7.89. The van der Waals surface area contributed by atoms with Gasteiger partial charge in [-0.3, -0.25) is 4.79 Å². The Hall–Kier alpha value is -2.90. The molecule has 0 aliphatic rings. The molecule has 0 bridgehead atoms. The summed E-state index contributed by atoms with van der Waals surface area (Å²) in [5.74, 6) is -0.843. The van der Waals surface area contributed by atoms with Crippen LogP contribution in [0.1, 0.15) is 20.8 Å². The van der Waals surface area contributed by atoms with Crippen molar-refractivity contribution >= 4 is 11.6 Å². The molecule has 1 aromatic heterocycles. The third kappa shape index (κ3) is 5.03. The van der Waals surface area contributed by atoms with Gasteiger partial charge < -0.3 is 19.5 Å². The van der Waals surface area contributed by atoms with Crippen LogP contribution in [0, 0.1) is 5.82 Å². The lowest BCUT2D eigenvalue weighted by Gasteiger charge is -2.16. The molecule has 1 atom stereocenters. The molecule has 0 radical (unpaired) electrons. The minimum Gasteiger partial charge on any atom is -0.478 e. The molecule has 1 aromatic carbocycles. The van der Waals surface area contributed by atoms with Crippen molar-refractivity contribution in [2.24, 2.45) is 0 Å². The van der Waals surface area contributed by atoms with E-state index in [0.717, 1.165) is 0 Å². The molecule has 2 rings (SSSR count). The lowest BCUT2D eigenvalue weighted by molar-refractivity contribution is -0.122. The predicted octanol–water partition coefficient (Wildman–Crippen LogP) is 2.82. The van der Waals surface area contributed by atoms with Crippen LogP contribution in [-0.2, 0) is 4.79 Å². The van der Waals surface area contributed by atoms with Crippen molar-refractivity contribution in [3.05, 3.63) is 36.3 Å². The van der Waals surface area contributed by atoms with Gasteiger partial charge in [-0.15, -0.1) is 0 Å². The number of hydrogen-bond acceptors (Lipinski definition) is 6. The Bertz CT molecular complexity index is 727. The van der Waals surface area contributed by atoms with Crippen LogP contribution in [0.3, 0.4) is 0 Å². The summed E-state index contributed by atoms with van der Waals surface area (Å²) in [6.45, 7) is 5.87. The smallest absolute Gasteiger partial charge is 0.319 e. The Morgan fingerprint density at radius 3 is 2.64 bits per heavy atom. The SMILES string of the molecule is CCOc1ncc(NC(=O)C(C)Oc2ccccc2F)c(OCC)n1. The number of aromatic nitrogens is 2. The molecule has 1 amide bonds. The number of nitrogens with one attached hydrogen (secondary N) is 1. The molecule has 0 saturated heterocycles. The maximum atomic E-state index is 13.6. The van der Waals surface area contributed by atoms with Gasteiger partial charge in [-0.1, -0.05) is 12.1 Å². The molecule has 2 aromatic rings. The molecule has 7 nitrogen and oxygen atoms in total. The number of para-hydroxylation sites is 1. The van der Waals surface area contributed by atoms with Gasteiger partial charge in [0.1, 0.15) is 5.69 Å². The second-order valence-corrected chi connectivity index (χ2v) is 4.92. The Morgan fingerprint density at radius 1 is 1.24 bits per heavy atom. The van der Waals surface area contributed by atoms with Gasteiger partial charge >= 0.3 is 6.01 Å². The molecule has 1 unspecified atom stereocenters. The van der Waals surface area contributed by atoms with Crippen LogP contribution >= 0.6 is 0 Å². The van der Waals surface area contributed by atoms with Crippen molar-refractivity contribution < 1.29 is 23.4 Å². The van der Waals surface area contributed by atoms with Crippen molar-refractivity contribution in [1.29, 1.82) is 0 Å². The first-order chi connectivity index (χ1) is 12.0. The quantitative estimate of drug-likeness (QED) is 0.789. The third-order valence-corrected chi connectivity index (χ3v) is 3.05. The van der Waals surface area contributed by atoms with Crippen molar-refractivity contribution in [3.8, 4) is 17.6 Å². The van der Waals surface area contributed by atoms with Crippen LogP contribution in [0.5, 0.6) is 17.6 Å². The molecular formula is C17H20FN3O4. The molecule has 0 spiro atoms. The highest BCUT2D eigenvalue weighted by atomic mass is 19.1. The molecule has 134 valence electrons. The van der Waals surface area contributed by atoms with E-state index >= 15 is 0 Å². The van der Waals surface area contributed by atoms with Crippen LogP contribution in [-0.4, -0.2) is 35.2 Å². The second-order valence-electron chi connectivity index (χ2n) is 4.92. The molecule has 0 saturated carbocycles. The van der Waals surface area contributed by atoms with Crippen LogP contribution in [0.25, 0.3) is 0 Å². The highest BCUT2D eigenvalue weighted by Gasteiger charge is 2.19. The minimum atomic E-state index is -0.932. The van der Waals surface area contributed by atoms with Crippen molar-refractivity contribution in [3.63, 3.8) is 0 Å². The summed E-state index contributed by atoms with van der Waals surface area (Å²) >= 11 is 0. The molecule has 1 N–H and O–H groups in total. The number of rotatable bonds is 8. The number of ether oxygens (including phenoxy) is 3. The molecule has 1 heterocycles. The largest absolute Gasteiger partial charge is 0.478 e. The van der Waals surface area contributed by atoms with Gasteiger partial charge in [-0.25, -0.2) is 9.37 Å². The van der Waals surface area contributed by atoms with Crippen molar-refractivity contribution in [2.75, 3.05) is 18.5 Å². The van der Waals surface area contributed by atoms with E-state index in [1.807, 2.05) is 0 Å². The molecule has 0 aliphatic carbocycles. The lowest BCUT2D eigenvalue weighted by atomic mass is 10.3. The normalized spacial score (nSPS) is 11.5. The number of amides is 1. The zero-order chi connectivity index (χ0) is 18.2. The molecule has 0 fully saturated rings. The van der Waals surface area contributed by atoms with Gasteiger partial charge in [-0.2, -0.15) is 4.98 Å². The average molecular weight is 349 g/mol. The fourth-order valence-electron chi connectivity index (χ4n) is 1.90. The van der Waals surface area contributed by atoms with E-state index in [0.29, 0.717) is 13.2 Å². The standard InChI is InChI=1S/C17H20FN3O4/c1-4-23-16-13(10-19-17(21-16)24-5-2)20-15(22)11(3)25-14-9-7-6-8-12(14)18/h6-11H,4-5H2,1-3H3,(H,20,22). The fraction of sp³-hybridized carbons (Fsp3) is 0.353. The predicted molar refractivity (Wildman–Crippen MR) is 89.5 cm³/mol. The summed E-state index contributed by atoms with van der Waals surface area (Å²) in [7, 11) is 0. The van der Waals surface area contributed by atoms with E-state index in [9.17, 15) is 9.18 Å². The van der Waals surface area contributed by atoms with Gasteiger partial charge in [0, 0.05) is 0 Å². The Morgan fingerprint density at radius 2 is 1.96 bits per heavy atom. The Kier molecular flexibility index (Phi) is 6.50. The van der Waals surface area contributed by atoms with E-state index < -0.39 is 17.8 Å². The average Bonchev–Trinajstić information content (AvgIpc) is 2.59. The van der Waals surface area contributed by atoms with Crippen molar-refractivity contribution in [2.45, 2.75) is 26.9 Å². The number of anilines is 1. The Balaban J connectivity index is 2.09. The van der Waals surface area contributed by atoms with Crippen molar-refractivity contribution in [1.82, 2.24) is 9.97 Å². The first-order valence-electron chi connectivity index (χ1n) is 7.89. The number of carbonyl (C=O) groups excluding carboxylic acids is 1. The van der Waals surface area contributed by atoms with Gasteiger partial charge in [0.2, 0.25) is 5.88 Å². The van der Waals surface area contributed by atoms with E-state index in [-0.39, 0.29) is 23.3 Å². The van der Waals surface area contributed by atoms with Crippen LogP contribution < -0.4 is 19.5 Å². The highest BCUT2D eigenvalue weighted by Crippen LogP contribution is 2.24.